The van der Waals surface area contributed by atoms with Crippen LogP contribution in [0.3, 0.4) is 0 Å². The van der Waals surface area contributed by atoms with Crippen molar-refractivity contribution in [3.63, 3.8) is 0 Å². The summed E-state index contributed by atoms with van der Waals surface area (Å²) in [7, 11) is 0. The van der Waals surface area contributed by atoms with Gasteiger partial charge in [-0.25, -0.2) is 0 Å². The van der Waals surface area contributed by atoms with Crippen LogP contribution in [-0.4, -0.2) is 37.8 Å². The van der Waals surface area contributed by atoms with Gasteiger partial charge in [-0.05, 0) is 19.1 Å². The van der Waals surface area contributed by atoms with Crippen molar-refractivity contribution in [2.75, 3.05) is 26.4 Å². The number of hydrogen-bond donors (Lipinski definition) is 1. The molecule has 16 heavy (non-hydrogen) atoms. The standard InChI is InChI=1S/C12H18O4/c1-2-14-12(10-13)16-9-8-15-11-6-4-3-5-7-11/h3-7,12-13H,2,8-10H2,1H3. The molecule has 0 aliphatic carbocycles. The molecule has 0 heterocycles. The van der Waals surface area contributed by atoms with E-state index in [1.165, 1.54) is 0 Å². The van der Waals surface area contributed by atoms with Gasteiger partial charge < -0.3 is 19.3 Å². The summed E-state index contributed by atoms with van der Waals surface area (Å²) in [6, 6.07) is 9.51. The topological polar surface area (TPSA) is 47.9 Å². The molecule has 0 amide bonds. The van der Waals surface area contributed by atoms with Crippen LogP contribution in [0.2, 0.25) is 0 Å². The highest BCUT2D eigenvalue weighted by Gasteiger charge is 2.05. The minimum absolute atomic E-state index is 0.140. The fraction of sp³-hybridized carbons (Fsp3) is 0.500. The van der Waals surface area contributed by atoms with Gasteiger partial charge in [-0.3, -0.25) is 0 Å². The maximum absolute atomic E-state index is 8.88. The molecule has 0 fully saturated rings. The van der Waals surface area contributed by atoms with E-state index < -0.39 is 6.29 Å². The van der Waals surface area contributed by atoms with Gasteiger partial charge in [0.25, 0.3) is 0 Å². The largest absolute Gasteiger partial charge is 0.491 e. The highest BCUT2D eigenvalue weighted by atomic mass is 16.7. The Morgan fingerprint density at radius 1 is 1.12 bits per heavy atom. The normalized spacial score (nSPS) is 12.4. The Morgan fingerprint density at radius 2 is 1.88 bits per heavy atom. The first-order valence-electron chi connectivity index (χ1n) is 5.38. The number of benzene rings is 1. The van der Waals surface area contributed by atoms with E-state index in [1.54, 1.807) is 0 Å². The summed E-state index contributed by atoms with van der Waals surface area (Å²) >= 11 is 0. The summed E-state index contributed by atoms with van der Waals surface area (Å²) in [6.07, 6.45) is -0.552. The van der Waals surface area contributed by atoms with Crippen LogP contribution in [0, 0.1) is 0 Å². The van der Waals surface area contributed by atoms with Gasteiger partial charge in [-0.2, -0.15) is 0 Å². The molecule has 0 saturated carbocycles. The highest BCUT2D eigenvalue weighted by molar-refractivity contribution is 5.20. The van der Waals surface area contributed by atoms with E-state index in [0.717, 1.165) is 5.75 Å². The number of hydrogen-bond acceptors (Lipinski definition) is 4. The average Bonchev–Trinajstić information content (AvgIpc) is 2.34. The monoisotopic (exact) mass is 226 g/mol. The molecule has 0 saturated heterocycles. The van der Waals surface area contributed by atoms with Crippen molar-refractivity contribution in [3.05, 3.63) is 30.3 Å². The Labute approximate surface area is 95.8 Å². The van der Waals surface area contributed by atoms with E-state index in [-0.39, 0.29) is 6.61 Å². The molecular formula is C12H18O4. The lowest BCUT2D eigenvalue weighted by molar-refractivity contribution is -0.163. The maximum Gasteiger partial charge on any atom is 0.180 e. The van der Waals surface area contributed by atoms with Crippen LogP contribution in [0.15, 0.2) is 30.3 Å². The molecule has 1 aromatic rings. The first-order valence-corrected chi connectivity index (χ1v) is 5.38. The van der Waals surface area contributed by atoms with Crippen LogP contribution in [0.25, 0.3) is 0 Å². The smallest absolute Gasteiger partial charge is 0.180 e. The number of aliphatic hydroxyl groups excluding tert-OH is 1. The van der Waals surface area contributed by atoms with Crippen LogP contribution in [0.1, 0.15) is 6.92 Å². The molecule has 4 heteroatoms. The quantitative estimate of drug-likeness (QED) is 0.538. The summed E-state index contributed by atoms with van der Waals surface area (Å²) in [5, 5.41) is 8.88. The van der Waals surface area contributed by atoms with E-state index in [1.807, 2.05) is 37.3 Å². The Kier molecular flexibility index (Phi) is 6.56. The third kappa shape index (κ3) is 5.11. The first-order chi connectivity index (χ1) is 7.86. The van der Waals surface area contributed by atoms with Crippen LogP contribution in [-0.2, 0) is 9.47 Å². The number of para-hydroxylation sites is 1. The third-order valence-corrected chi connectivity index (χ3v) is 1.90. The molecule has 0 aromatic heterocycles. The Hall–Kier alpha value is -1.10. The summed E-state index contributed by atoms with van der Waals surface area (Å²) in [5.41, 5.74) is 0. The molecule has 90 valence electrons. The summed E-state index contributed by atoms with van der Waals surface area (Å²) in [5.74, 6) is 0.808. The van der Waals surface area contributed by atoms with Crippen LogP contribution in [0.5, 0.6) is 5.75 Å². The molecular weight excluding hydrogens is 208 g/mol. The molecule has 1 unspecified atom stereocenters. The van der Waals surface area contributed by atoms with Crippen molar-refractivity contribution in [1.82, 2.24) is 0 Å². The van der Waals surface area contributed by atoms with Gasteiger partial charge in [0.15, 0.2) is 6.29 Å². The number of ether oxygens (including phenoxy) is 3. The lowest BCUT2D eigenvalue weighted by atomic mass is 10.3. The fourth-order valence-corrected chi connectivity index (χ4v) is 1.20. The fourth-order valence-electron chi connectivity index (χ4n) is 1.20. The van der Waals surface area contributed by atoms with Crippen molar-refractivity contribution < 1.29 is 19.3 Å². The summed E-state index contributed by atoms with van der Waals surface area (Å²) < 4.78 is 15.8. The lowest BCUT2D eigenvalue weighted by Gasteiger charge is -2.15. The summed E-state index contributed by atoms with van der Waals surface area (Å²) in [4.78, 5) is 0. The van der Waals surface area contributed by atoms with Gasteiger partial charge in [-0.1, -0.05) is 18.2 Å². The number of rotatable bonds is 8. The molecule has 1 aromatic carbocycles. The van der Waals surface area contributed by atoms with Gasteiger partial charge in [0, 0.05) is 6.61 Å². The zero-order valence-electron chi connectivity index (χ0n) is 9.46. The lowest BCUT2D eigenvalue weighted by Crippen LogP contribution is -2.24. The molecule has 0 aliphatic heterocycles. The van der Waals surface area contributed by atoms with Crippen molar-refractivity contribution >= 4 is 0 Å². The summed E-state index contributed by atoms with van der Waals surface area (Å²) in [6.45, 7) is 3.06. The minimum atomic E-state index is -0.552. The molecule has 0 spiro atoms. The van der Waals surface area contributed by atoms with E-state index in [2.05, 4.69) is 0 Å². The predicted molar refractivity (Wildman–Crippen MR) is 60.4 cm³/mol. The second kappa shape index (κ2) is 8.10. The van der Waals surface area contributed by atoms with Crippen molar-refractivity contribution in [2.24, 2.45) is 0 Å². The van der Waals surface area contributed by atoms with Gasteiger partial charge in [0.1, 0.15) is 12.4 Å². The highest BCUT2D eigenvalue weighted by Crippen LogP contribution is 2.07. The van der Waals surface area contributed by atoms with Crippen LogP contribution in [0.4, 0.5) is 0 Å². The second-order valence-electron chi connectivity index (χ2n) is 3.10. The molecule has 1 atom stereocenters. The molecule has 0 radical (unpaired) electrons. The zero-order chi connectivity index (χ0) is 11.6. The number of aliphatic hydroxyl groups is 1. The SMILES string of the molecule is CCOC(CO)OCCOc1ccccc1. The molecule has 1 N–H and O–H groups in total. The van der Waals surface area contributed by atoms with Gasteiger partial charge in [0.05, 0.1) is 13.2 Å². The Bertz CT molecular complexity index is 263. The van der Waals surface area contributed by atoms with Gasteiger partial charge in [-0.15, -0.1) is 0 Å². The molecule has 0 bridgehead atoms. The maximum atomic E-state index is 8.88. The molecule has 1 rings (SSSR count). The van der Waals surface area contributed by atoms with Crippen molar-refractivity contribution in [1.29, 1.82) is 0 Å². The van der Waals surface area contributed by atoms with Crippen LogP contribution < -0.4 is 4.74 Å². The average molecular weight is 226 g/mol. The predicted octanol–water partition coefficient (Wildman–Crippen LogP) is 1.44. The van der Waals surface area contributed by atoms with E-state index in [0.29, 0.717) is 19.8 Å². The zero-order valence-corrected chi connectivity index (χ0v) is 9.46. The van der Waals surface area contributed by atoms with Gasteiger partial charge in [0.2, 0.25) is 0 Å². The Morgan fingerprint density at radius 3 is 2.50 bits per heavy atom. The van der Waals surface area contributed by atoms with Crippen molar-refractivity contribution in [3.8, 4) is 5.75 Å². The van der Waals surface area contributed by atoms with Gasteiger partial charge >= 0.3 is 0 Å². The van der Waals surface area contributed by atoms with Crippen LogP contribution >= 0.6 is 0 Å². The Balaban J connectivity index is 2.11. The third-order valence-electron chi connectivity index (χ3n) is 1.90. The van der Waals surface area contributed by atoms with E-state index in [4.69, 9.17) is 19.3 Å². The molecule has 0 aliphatic rings. The second-order valence-corrected chi connectivity index (χ2v) is 3.10. The minimum Gasteiger partial charge on any atom is -0.491 e. The van der Waals surface area contributed by atoms with Crippen molar-refractivity contribution in [2.45, 2.75) is 13.2 Å². The van der Waals surface area contributed by atoms with E-state index >= 15 is 0 Å². The molecule has 4 nitrogen and oxygen atoms in total. The van der Waals surface area contributed by atoms with E-state index in [9.17, 15) is 0 Å². The first kappa shape index (κ1) is 13.0.